The van der Waals surface area contributed by atoms with Gasteiger partial charge in [0.25, 0.3) is 21.8 Å². The molecular formula is C28H34N4O8S. The number of morpholine rings is 1. The Morgan fingerprint density at radius 3 is 2.39 bits per heavy atom. The number of methoxy groups -OCH3 is 1. The van der Waals surface area contributed by atoms with Gasteiger partial charge in [0.1, 0.15) is 18.1 Å². The molecule has 220 valence electrons. The Bertz CT molecular complexity index is 1470. The topological polar surface area (TPSA) is 149 Å². The van der Waals surface area contributed by atoms with Crippen molar-refractivity contribution < 1.29 is 37.3 Å². The van der Waals surface area contributed by atoms with Crippen molar-refractivity contribution in [3.8, 4) is 23.1 Å². The van der Waals surface area contributed by atoms with Gasteiger partial charge in [-0.15, -0.1) is 0 Å². The highest BCUT2D eigenvalue weighted by Gasteiger charge is 2.29. The summed E-state index contributed by atoms with van der Waals surface area (Å²) in [5.41, 5.74) is 0.784. The van der Waals surface area contributed by atoms with Crippen LogP contribution in [0.3, 0.4) is 0 Å². The number of anilines is 1. The fourth-order valence-corrected chi connectivity index (χ4v) is 4.94. The summed E-state index contributed by atoms with van der Waals surface area (Å²) in [5.74, 6) is -0.823. The van der Waals surface area contributed by atoms with E-state index in [4.69, 9.17) is 18.9 Å². The Kier molecular flexibility index (Phi) is 9.31. The minimum atomic E-state index is -4.20. The first-order valence-corrected chi connectivity index (χ1v) is 14.5. The largest absolute Gasteiger partial charge is 0.497 e. The van der Waals surface area contributed by atoms with Crippen LogP contribution in [0.25, 0.3) is 0 Å². The zero-order chi connectivity index (χ0) is 29.6. The summed E-state index contributed by atoms with van der Waals surface area (Å²) in [6, 6.07) is 13.1. The van der Waals surface area contributed by atoms with Gasteiger partial charge in [-0.1, -0.05) is 39.0 Å². The van der Waals surface area contributed by atoms with Gasteiger partial charge >= 0.3 is 0 Å². The van der Waals surface area contributed by atoms with Crippen molar-refractivity contribution in [3.63, 3.8) is 0 Å². The van der Waals surface area contributed by atoms with Crippen molar-refractivity contribution in [3.05, 3.63) is 59.9 Å². The van der Waals surface area contributed by atoms with E-state index in [9.17, 15) is 18.3 Å². The third kappa shape index (κ3) is 7.43. The lowest BCUT2D eigenvalue weighted by molar-refractivity contribution is 0.0294. The number of carbonyl (C=O) groups is 1. The fraction of sp³-hybridized carbons (Fsp3) is 0.393. The molecule has 1 fully saturated rings. The number of rotatable bonds is 10. The highest BCUT2D eigenvalue weighted by Crippen LogP contribution is 2.38. The lowest BCUT2D eigenvalue weighted by Gasteiger charge is -2.26. The smallest absolute Gasteiger partial charge is 0.292 e. The van der Waals surface area contributed by atoms with Crippen molar-refractivity contribution in [1.29, 1.82) is 0 Å². The number of hydrogen-bond donors (Lipinski definition) is 2. The van der Waals surface area contributed by atoms with Crippen LogP contribution in [0.5, 0.6) is 23.1 Å². The maximum Gasteiger partial charge on any atom is 0.292 e. The summed E-state index contributed by atoms with van der Waals surface area (Å²) in [6.45, 7) is 6.85. The molecule has 1 amide bonds. The van der Waals surface area contributed by atoms with Crippen LogP contribution >= 0.6 is 0 Å². The molecule has 0 unspecified atom stereocenters. The summed E-state index contributed by atoms with van der Waals surface area (Å²) in [7, 11) is -2.71. The van der Waals surface area contributed by atoms with Crippen LogP contribution in [0, 0.1) is 0 Å². The zero-order valence-electron chi connectivity index (χ0n) is 23.4. The first-order chi connectivity index (χ1) is 19.5. The van der Waals surface area contributed by atoms with Crippen molar-refractivity contribution >= 4 is 21.7 Å². The second-order valence-corrected chi connectivity index (χ2v) is 11.9. The maximum absolute atomic E-state index is 13.5. The molecule has 3 aromatic rings. The number of benzene rings is 2. The summed E-state index contributed by atoms with van der Waals surface area (Å²) < 4.78 is 51.8. The molecule has 1 saturated heterocycles. The van der Waals surface area contributed by atoms with E-state index in [0.717, 1.165) is 5.56 Å². The molecule has 0 bridgehead atoms. The number of nitrogens with zero attached hydrogens (tertiary/aromatic N) is 3. The SMILES string of the molecule is COc1cccc(Oc2c(NS(=O)(=O)c3ccc(C(C)(C)C)cc3)nc(C(=O)N3CCOCC3)nc2OCCO)c1. The van der Waals surface area contributed by atoms with Crippen molar-refractivity contribution in [2.75, 3.05) is 51.3 Å². The van der Waals surface area contributed by atoms with Crippen molar-refractivity contribution in [1.82, 2.24) is 14.9 Å². The van der Waals surface area contributed by atoms with Crippen LogP contribution in [-0.4, -0.2) is 80.9 Å². The first-order valence-electron chi connectivity index (χ1n) is 13.0. The molecule has 0 aliphatic carbocycles. The number of hydrogen-bond acceptors (Lipinski definition) is 10. The predicted molar refractivity (Wildman–Crippen MR) is 150 cm³/mol. The molecule has 1 aliphatic rings. The van der Waals surface area contributed by atoms with E-state index in [-0.39, 0.29) is 52.5 Å². The quantitative estimate of drug-likeness (QED) is 0.363. The molecule has 0 saturated carbocycles. The second kappa shape index (κ2) is 12.7. The summed E-state index contributed by atoms with van der Waals surface area (Å²) in [5, 5.41) is 9.42. The van der Waals surface area contributed by atoms with Crippen molar-refractivity contribution in [2.24, 2.45) is 0 Å². The molecule has 0 spiro atoms. The van der Waals surface area contributed by atoms with Crippen LogP contribution in [0.1, 0.15) is 37.0 Å². The Hall–Kier alpha value is -3.94. The van der Waals surface area contributed by atoms with E-state index >= 15 is 0 Å². The number of amides is 1. The van der Waals surface area contributed by atoms with E-state index in [1.165, 1.54) is 24.1 Å². The number of nitrogens with one attached hydrogen (secondary N) is 1. The van der Waals surface area contributed by atoms with Gasteiger partial charge in [0.05, 0.1) is 31.8 Å². The molecule has 0 atom stereocenters. The number of sulfonamides is 1. The predicted octanol–water partition coefficient (Wildman–Crippen LogP) is 3.22. The number of ether oxygens (including phenoxy) is 4. The Balaban J connectivity index is 1.80. The van der Waals surface area contributed by atoms with Gasteiger partial charge in [0.15, 0.2) is 5.82 Å². The third-order valence-electron chi connectivity index (χ3n) is 6.18. The van der Waals surface area contributed by atoms with Gasteiger partial charge < -0.3 is 29.0 Å². The van der Waals surface area contributed by atoms with Crippen LogP contribution in [-0.2, 0) is 20.2 Å². The van der Waals surface area contributed by atoms with Gasteiger partial charge in [-0.25, -0.2) is 13.4 Å². The second-order valence-electron chi connectivity index (χ2n) is 10.2. The number of aliphatic hydroxyl groups excluding tert-OH is 1. The van der Waals surface area contributed by atoms with E-state index in [1.54, 1.807) is 36.4 Å². The van der Waals surface area contributed by atoms with Gasteiger partial charge in [-0.2, -0.15) is 4.98 Å². The lowest BCUT2D eigenvalue weighted by Crippen LogP contribution is -2.41. The molecule has 1 aromatic heterocycles. The summed E-state index contributed by atoms with van der Waals surface area (Å²) in [4.78, 5) is 23.3. The molecule has 12 nitrogen and oxygen atoms in total. The minimum Gasteiger partial charge on any atom is -0.497 e. The molecule has 0 radical (unpaired) electrons. The average molecular weight is 587 g/mol. The minimum absolute atomic E-state index is 0.0182. The maximum atomic E-state index is 13.5. The molecule has 2 heterocycles. The van der Waals surface area contributed by atoms with Gasteiger partial charge in [-0.3, -0.25) is 9.52 Å². The monoisotopic (exact) mass is 586 g/mol. The van der Waals surface area contributed by atoms with Crippen LogP contribution in [0.4, 0.5) is 5.82 Å². The molecular weight excluding hydrogens is 552 g/mol. The number of aliphatic hydroxyl groups is 1. The first kappa shape index (κ1) is 30.0. The molecule has 13 heteroatoms. The van der Waals surface area contributed by atoms with Gasteiger partial charge in [-0.05, 0) is 35.2 Å². The van der Waals surface area contributed by atoms with Crippen LogP contribution in [0.15, 0.2) is 53.4 Å². The normalized spacial score (nSPS) is 13.9. The highest BCUT2D eigenvalue weighted by molar-refractivity contribution is 7.92. The van der Waals surface area contributed by atoms with E-state index in [1.807, 2.05) is 20.8 Å². The highest BCUT2D eigenvalue weighted by atomic mass is 32.2. The molecule has 4 rings (SSSR count). The van der Waals surface area contributed by atoms with Crippen LogP contribution in [0.2, 0.25) is 0 Å². The van der Waals surface area contributed by atoms with Gasteiger partial charge in [0, 0.05) is 19.2 Å². The molecule has 2 N–H and O–H groups in total. The lowest BCUT2D eigenvalue weighted by atomic mass is 9.87. The third-order valence-corrected chi connectivity index (χ3v) is 7.53. The molecule has 2 aromatic carbocycles. The van der Waals surface area contributed by atoms with E-state index < -0.39 is 15.9 Å². The van der Waals surface area contributed by atoms with E-state index in [2.05, 4.69) is 14.7 Å². The van der Waals surface area contributed by atoms with E-state index in [0.29, 0.717) is 32.1 Å². The van der Waals surface area contributed by atoms with Crippen LogP contribution < -0.4 is 18.9 Å². The fourth-order valence-electron chi connectivity index (χ4n) is 3.94. The Labute approximate surface area is 239 Å². The summed E-state index contributed by atoms with van der Waals surface area (Å²) >= 11 is 0. The van der Waals surface area contributed by atoms with Crippen molar-refractivity contribution in [2.45, 2.75) is 31.1 Å². The Morgan fingerprint density at radius 2 is 1.76 bits per heavy atom. The Morgan fingerprint density at radius 1 is 1.07 bits per heavy atom. The van der Waals surface area contributed by atoms with Gasteiger partial charge in [0.2, 0.25) is 11.6 Å². The zero-order valence-corrected chi connectivity index (χ0v) is 24.2. The average Bonchev–Trinajstić information content (AvgIpc) is 2.96. The standard InChI is InChI=1S/C28H34N4O8S/c1-28(2,3)19-8-10-22(11-9-19)41(35,36)31-24-23(40-21-7-5-6-20(18-21)37-4)26(39-17-14-33)30-25(29-24)27(34)32-12-15-38-16-13-32/h5-11,18,33H,12-17H2,1-4H3,(H,29,30,31). The number of carbonyl (C=O) groups excluding carboxylic acids is 1. The molecule has 41 heavy (non-hydrogen) atoms. The molecule has 1 aliphatic heterocycles. The number of aromatic nitrogens is 2. The summed E-state index contributed by atoms with van der Waals surface area (Å²) in [6.07, 6.45) is 0.